The van der Waals surface area contributed by atoms with Crippen molar-refractivity contribution in [2.45, 2.75) is 0 Å². The number of aromatic nitrogens is 1. The lowest BCUT2D eigenvalue weighted by Crippen LogP contribution is -2.15. The van der Waals surface area contributed by atoms with Crippen molar-refractivity contribution < 1.29 is 14.3 Å². The van der Waals surface area contributed by atoms with Crippen LogP contribution in [0.15, 0.2) is 36.5 Å². The average molecular weight is 253 g/mol. The second-order valence-corrected chi connectivity index (χ2v) is 4.25. The Hall–Kier alpha value is -2.62. The summed E-state index contributed by atoms with van der Waals surface area (Å²) in [5, 5.41) is 0. The lowest BCUT2D eigenvalue weighted by molar-refractivity contribution is -0.110. The van der Waals surface area contributed by atoms with Gasteiger partial charge in [-0.15, -0.1) is 0 Å². The molecule has 0 saturated heterocycles. The van der Waals surface area contributed by atoms with Gasteiger partial charge in [-0.3, -0.25) is 9.59 Å². The number of allylic oxidation sites excluding steroid dienone is 1. The van der Waals surface area contributed by atoms with Crippen LogP contribution in [0.1, 0.15) is 16.1 Å². The number of benzene rings is 1. The van der Waals surface area contributed by atoms with Gasteiger partial charge in [0.2, 0.25) is 11.6 Å². The van der Waals surface area contributed by atoms with Crippen molar-refractivity contribution >= 4 is 17.6 Å². The predicted molar refractivity (Wildman–Crippen MR) is 71.2 cm³/mol. The van der Waals surface area contributed by atoms with Crippen molar-refractivity contribution in [1.82, 2.24) is 4.98 Å². The molecule has 0 amide bonds. The van der Waals surface area contributed by atoms with Crippen molar-refractivity contribution in [2.75, 3.05) is 7.11 Å². The molecule has 2 aromatic rings. The zero-order valence-corrected chi connectivity index (χ0v) is 10.3. The summed E-state index contributed by atoms with van der Waals surface area (Å²) in [5.41, 5.74) is 2.66. The van der Waals surface area contributed by atoms with Gasteiger partial charge in [0.05, 0.1) is 18.4 Å². The van der Waals surface area contributed by atoms with E-state index in [0.717, 1.165) is 11.1 Å². The molecule has 0 radical (unpaired) electrons. The molecule has 1 aromatic heterocycles. The number of carbonyl (C=O) groups excluding carboxylic acids is 2. The third-order valence-electron chi connectivity index (χ3n) is 3.14. The van der Waals surface area contributed by atoms with Crippen molar-refractivity contribution in [3.8, 4) is 16.9 Å². The molecule has 4 nitrogen and oxygen atoms in total. The largest absolute Gasteiger partial charge is 0.497 e. The second kappa shape index (κ2) is 4.24. The SMILES string of the molecule is COc1cccc(-c2c[nH]c3c2C(=O)C(=O)C=C3)c1. The standard InChI is InChI=1S/C15H11NO3/c1-19-10-4-2-3-9(7-10)11-8-16-12-5-6-13(17)15(18)14(11)12/h2-8,16H,1H3. The summed E-state index contributed by atoms with van der Waals surface area (Å²) in [6.07, 6.45) is 4.65. The van der Waals surface area contributed by atoms with Gasteiger partial charge in [-0.25, -0.2) is 0 Å². The van der Waals surface area contributed by atoms with Crippen molar-refractivity contribution in [3.63, 3.8) is 0 Å². The number of rotatable bonds is 2. The Balaban J connectivity index is 2.17. The summed E-state index contributed by atoms with van der Waals surface area (Å²) in [4.78, 5) is 26.5. The van der Waals surface area contributed by atoms with E-state index in [9.17, 15) is 9.59 Å². The summed E-state index contributed by atoms with van der Waals surface area (Å²) in [6, 6.07) is 7.38. The van der Waals surface area contributed by atoms with E-state index in [1.54, 1.807) is 19.4 Å². The Morgan fingerprint density at radius 2 is 2.00 bits per heavy atom. The van der Waals surface area contributed by atoms with E-state index in [-0.39, 0.29) is 0 Å². The molecule has 1 N–H and O–H groups in total. The molecule has 0 aliphatic heterocycles. The van der Waals surface area contributed by atoms with Crippen LogP contribution in [-0.4, -0.2) is 23.7 Å². The first-order valence-electron chi connectivity index (χ1n) is 5.83. The van der Waals surface area contributed by atoms with Gasteiger partial charge in [0.25, 0.3) is 0 Å². The molecule has 0 unspecified atom stereocenters. The van der Waals surface area contributed by atoms with Crippen LogP contribution in [0.2, 0.25) is 0 Å². The van der Waals surface area contributed by atoms with Crippen LogP contribution in [0.4, 0.5) is 0 Å². The third kappa shape index (κ3) is 1.78. The van der Waals surface area contributed by atoms with Gasteiger partial charge in [-0.1, -0.05) is 12.1 Å². The van der Waals surface area contributed by atoms with E-state index in [1.807, 2.05) is 24.3 Å². The Morgan fingerprint density at radius 3 is 2.79 bits per heavy atom. The highest BCUT2D eigenvalue weighted by Crippen LogP contribution is 2.31. The summed E-state index contributed by atoms with van der Waals surface area (Å²) in [7, 11) is 1.59. The second-order valence-electron chi connectivity index (χ2n) is 4.25. The molecule has 94 valence electrons. The molecule has 1 aromatic carbocycles. The van der Waals surface area contributed by atoms with Gasteiger partial charge in [-0.05, 0) is 29.8 Å². The fraction of sp³-hybridized carbons (Fsp3) is 0.0667. The number of ketones is 2. The van der Waals surface area contributed by atoms with Gasteiger partial charge in [0.1, 0.15) is 5.75 Å². The molecule has 1 heterocycles. The number of methoxy groups -OCH3 is 1. The Kier molecular flexibility index (Phi) is 2.56. The molecule has 19 heavy (non-hydrogen) atoms. The number of hydrogen-bond donors (Lipinski definition) is 1. The quantitative estimate of drug-likeness (QED) is 0.836. The normalized spacial score (nSPS) is 13.5. The van der Waals surface area contributed by atoms with E-state index >= 15 is 0 Å². The number of ether oxygens (including phenoxy) is 1. The number of aromatic amines is 1. The first kappa shape index (κ1) is 11.5. The highest BCUT2D eigenvalue weighted by atomic mass is 16.5. The molecule has 1 aliphatic carbocycles. The van der Waals surface area contributed by atoms with Gasteiger partial charge in [-0.2, -0.15) is 0 Å². The summed E-state index contributed by atoms with van der Waals surface area (Å²) >= 11 is 0. The van der Waals surface area contributed by atoms with E-state index in [1.165, 1.54) is 6.08 Å². The van der Waals surface area contributed by atoms with Crippen molar-refractivity contribution in [3.05, 3.63) is 47.8 Å². The number of hydrogen-bond acceptors (Lipinski definition) is 3. The van der Waals surface area contributed by atoms with E-state index in [2.05, 4.69) is 4.98 Å². The number of carbonyl (C=O) groups is 2. The predicted octanol–water partition coefficient (Wildman–Crippen LogP) is 2.47. The maximum absolute atomic E-state index is 12.0. The smallest absolute Gasteiger partial charge is 0.235 e. The van der Waals surface area contributed by atoms with E-state index in [0.29, 0.717) is 17.0 Å². The van der Waals surface area contributed by atoms with E-state index < -0.39 is 11.6 Å². The summed E-state index contributed by atoms with van der Waals surface area (Å²) < 4.78 is 5.17. The zero-order valence-electron chi connectivity index (χ0n) is 10.3. The molecular formula is C15H11NO3. The van der Waals surface area contributed by atoms with E-state index in [4.69, 9.17) is 4.74 Å². The minimum absolute atomic E-state index is 0.431. The maximum atomic E-state index is 12.0. The fourth-order valence-electron chi connectivity index (χ4n) is 2.19. The van der Waals surface area contributed by atoms with Gasteiger partial charge in [0.15, 0.2) is 0 Å². The molecule has 4 heteroatoms. The zero-order chi connectivity index (χ0) is 13.4. The monoisotopic (exact) mass is 253 g/mol. The number of H-pyrrole nitrogens is 1. The molecule has 0 saturated carbocycles. The van der Waals surface area contributed by atoms with Crippen LogP contribution in [0, 0.1) is 0 Å². The van der Waals surface area contributed by atoms with Crippen LogP contribution >= 0.6 is 0 Å². The maximum Gasteiger partial charge on any atom is 0.235 e. The molecule has 0 atom stereocenters. The first-order valence-corrected chi connectivity index (χ1v) is 5.83. The molecular weight excluding hydrogens is 242 g/mol. The highest BCUT2D eigenvalue weighted by molar-refractivity contribution is 6.50. The third-order valence-corrected chi connectivity index (χ3v) is 3.14. The molecule has 0 fully saturated rings. The van der Waals surface area contributed by atoms with Crippen molar-refractivity contribution in [2.24, 2.45) is 0 Å². The minimum atomic E-state index is -0.490. The van der Waals surface area contributed by atoms with Gasteiger partial charge >= 0.3 is 0 Å². The summed E-state index contributed by atoms with van der Waals surface area (Å²) in [5.74, 6) is -0.259. The topological polar surface area (TPSA) is 59.2 Å². The molecule has 1 aliphatic rings. The fourth-order valence-corrected chi connectivity index (χ4v) is 2.19. The lowest BCUT2D eigenvalue weighted by atomic mass is 9.94. The van der Waals surface area contributed by atoms with Gasteiger partial charge < -0.3 is 9.72 Å². The number of Topliss-reactive ketones (excluding diaryl/α,β-unsaturated/α-hetero) is 1. The molecule has 3 rings (SSSR count). The van der Waals surface area contributed by atoms with Gasteiger partial charge in [0, 0.05) is 11.8 Å². The van der Waals surface area contributed by atoms with Crippen LogP contribution in [0.3, 0.4) is 0 Å². The Labute approximate surface area is 109 Å². The Bertz CT molecular complexity index is 710. The lowest BCUT2D eigenvalue weighted by Gasteiger charge is -2.07. The van der Waals surface area contributed by atoms with Crippen LogP contribution < -0.4 is 4.74 Å². The van der Waals surface area contributed by atoms with Crippen molar-refractivity contribution in [1.29, 1.82) is 0 Å². The first-order chi connectivity index (χ1) is 9.20. The highest BCUT2D eigenvalue weighted by Gasteiger charge is 2.26. The average Bonchev–Trinajstić information content (AvgIpc) is 2.87. The molecule has 0 spiro atoms. The summed E-state index contributed by atoms with van der Waals surface area (Å²) in [6.45, 7) is 0. The Morgan fingerprint density at radius 1 is 1.16 bits per heavy atom. The van der Waals surface area contributed by atoms with Crippen LogP contribution in [-0.2, 0) is 4.79 Å². The van der Waals surface area contributed by atoms with Crippen LogP contribution in [0.25, 0.3) is 17.2 Å². The minimum Gasteiger partial charge on any atom is -0.497 e. The number of nitrogens with one attached hydrogen (secondary N) is 1. The van der Waals surface area contributed by atoms with Crippen LogP contribution in [0.5, 0.6) is 5.75 Å². The molecule has 0 bridgehead atoms. The number of fused-ring (bicyclic) bond motifs is 1.